The van der Waals surface area contributed by atoms with Crippen molar-refractivity contribution < 1.29 is 14.3 Å². The fourth-order valence-electron chi connectivity index (χ4n) is 3.76. The minimum atomic E-state index is -0.0393. The summed E-state index contributed by atoms with van der Waals surface area (Å²) in [4.78, 5) is 31.6. The van der Waals surface area contributed by atoms with Gasteiger partial charge in [0.15, 0.2) is 0 Å². The molecule has 0 aromatic heterocycles. The maximum Gasteiger partial charge on any atom is 0.257 e. The maximum absolute atomic E-state index is 13.3. The van der Waals surface area contributed by atoms with Crippen LogP contribution in [0.25, 0.3) is 0 Å². The predicted molar refractivity (Wildman–Crippen MR) is 126 cm³/mol. The standard InChI is InChI=1S/C24H30BrN3O3/c1-3-27(4-2)23(29)18-26-13-8-14-28(16-15-26)24(30)21-11-5-6-12-22(21)31-20-10-7-9-19(25)17-20/h5-7,9-12,17H,3-4,8,13-16,18H2,1-2H3. The molecule has 0 aliphatic carbocycles. The van der Waals surface area contributed by atoms with Crippen LogP contribution in [0.2, 0.25) is 0 Å². The Bertz CT molecular complexity index is 901. The molecule has 1 aliphatic rings. The zero-order chi connectivity index (χ0) is 22.2. The average molecular weight is 488 g/mol. The molecule has 0 spiro atoms. The third-order valence-electron chi connectivity index (χ3n) is 5.49. The number of ether oxygens (including phenoxy) is 1. The summed E-state index contributed by atoms with van der Waals surface area (Å²) in [5, 5.41) is 0. The van der Waals surface area contributed by atoms with Crippen LogP contribution in [-0.2, 0) is 4.79 Å². The molecule has 166 valence electrons. The Hall–Kier alpha value is -2.38. The Labute approximate surface area is 192 Å². The van der Waals surface area contributed by atoms with Gasteiger partial charge in [-0.3, -0.25) is 14.5 Å². The van der Waals surface area contributed by atoms with Gasteiger partial charge < -0.3 is 14.5 Å². The molecule has 0 saturated carbocycles. The number of likely N-dealkylation sites (N-methyl/N-ethyl adjacent to an activating group) is 1. The van der Waals surface area contributed by atoms with E-state index in [9.17, 15) is 9.59 Å². The minimum absolute atomic E-state index is 0.0393. The van der Waals surface area contributed by atoms with Gasteiger partial charge in [0.1, 0.15) is 11.5 Å². The molecule has 0 unspecified atom stereocenters. The largest absolute Gasteiger partial charge is 0.456 e. The summed E-state index contributed by atoms with van der Waals surface area (Å²) in [6, 6.07) is 14.9. The first-order valence-electron chi connectivity index (χ1n) is 10.8. The maximum atomic E-state index is 13.3. The summed E-state index contributed by atoms with van der Waals surface area (Å²) in [6.45, 7) is 8.61. The Kier molecular flexibility index (Phi) is 8.49. The van der Waals surface area contributed by atoms with E-state index in [1.807, 2.05) is 72.2 Å². The average Bonchev–Trinajstić information content (AvgIpc) is 3.00. The number of benzene rings is 2. The minimum Gasteiger partial charge on any atom is -0.456 e. The van der Waals surface area contributed by atoms with Gasteiger partial charge in [0.25, 0.3) is 5.91 Å². The molecule has 7 heteroatoms. The fourth-order valence-corrected chi connectivity index (χ4v) is 4.14. The van der Waals surface area contributed by atoms with Crippen LogP contribution in [0.3, 0.4) is 0 Å². The van der Waals surface area contributed by atoms with Gasteiger partial charge in [-0.1, -0.05) is 34.1 Å². The van der Waals surface area contributed by atoms with Crippen molar-refractivity contribution >= 4 is 27.7 Å². The van der Waals surface area contributed by atoms with Crippen molar-refractivity contribution in [2.75, 3.05) is 45.8 Å². The van der Waals surface area contributed by atoms with Gasteiger partial charge in [0.05, 0.1) is 12.1 Å². The summed E-state index contributed by atoms with van der Waals surface area (Å²) in [5.41, 5.74) is 0.551. The van der Waals surface area contributed by atoms with Crippen molar-refractivity contribution in [1.82, 2.24) is 14.7 Å². The van der Waals surface area contributed by atoms with E-state index in [1.165, 1.54) is 0 Å². The summed E-state index contributed by atoms with van der Waals surface area (Å²) < 4.78 is 6.94. The molecule has 1 aliphatic heterocycles. The van der Waals surface area contributed by atoms with Crippen LogP contribution in [0.15, 0.2) is 53.0 Å². The summed E-state index contributed by atoms with van der Waals surface area (Å²) in [7, 11) is 0. The summed E-state index contributed by atoms with van der Waals surface area (Å²) in [5.74, 6) is 1.33. The van der Waals surface area contributed by atoms with E-state index in [0.29, 0.717) is 43.2 Å². The number of halogens is 1. The third-order valence-corrected chi connectivity index (χ3v) is 5.99. The summed E-state index contributed by atoms with van der Waals surface area (Å²) in [6.07, 6.45) is 0.839. The lowest BCUT2D eigenvalue weighted by Gasteiger charge is -2.25. The second-order valence-electron chi connectivity index (χ2n) is 7.54. The molecule has 3 rings (SSSR count). The lowest BCUT2D eigenvalue weighted by molar-refractivity contribution is -0.132. The zero-order valence-corrected chi connectivity index (χ0v) is 19.8. The van der Waals surface area contributed by atoms with Gasteiger partial charge in [-0.15, -0.1) is 0 Å². The number of para-hydroxylation sites is 1. The van der Waals surface area contributed by atoms with Gasteiger partial charge in [0, 0.05) is 43.7 Å². The van der Waals surface area contributed by atoms with Crippen LogP contribution in [0.1, 0.15) is 30.6 Å². The monoisotopic (exact) mass is 487 g/mol. The van der Waals surface area contributed by atoms with Crippen LogP contribution < -0.4 is 4.74 Å². The highest BCUT2D eigenvalue weighted by Gasteiger charge is 2.24. The van der Waals surface area contributed by atoms with E-state index in [2.05, 4.69) is 20.8 Å². The van der Waals surface area contributed by atoms with E-state index in [-0.39, 0.29) is 11.8 Å². The number of rotatable bonds is 7. The number of carbonyl (C=O) groups is 2. The highest BCUT2D eigenvalue weighted by atomic mass is 79.9. The second-order valence-corrected chi connectivity index (χ2v) is 8.46. The summed E-state index contributed by atoms with van der Waals surface area (Å²) >= 11 is 3.45. The smallest absolute Gasteiger partial charge is 0.257 e. The van der Waals surface area contributed by atoms with Crippen LogP contribution in [0.4, 0.5) is 0 Å². The number of carbonyl (C=O) groups excluding carboxylic acids is 2. The Morgan fingerprint density at radius 2 is 1.77 bits per heavy atom. The number of hydrogen-bond donors (Lipinski definition) is 0. The molecule has 1 saturated heterocycles. The molecule has 0 bridgehead atoms. The fraction of sp³-hybridized carbons (Fsp3) is 0.417. The van der Waals surface area contributed by atoms with Crippen LogP contribution in [0, 0.1) is 0 Å². The van der Waals surface area contributed by atoms with Crippen molar-refractivity contribution in [2.45, 2.75) is 20.3 Å². The Morgan fingerprint density at radius 1 is 1.00 bits per heavy atom. The molecular weight excluding hydrogens is 458 g/mol. The highest BCUT2D eigenvalue weighted by Crippen LogP contribution is 2.28. The Balaban J connectivity index is 1.66. The van der Waals surface area contributed by atoms with Crippen LogP contribution in [-0.4, -0.2) is 72.3 Å². The quantitative estimate of drug-likeness (QED) is 0.585. The SMILES string of the molecule is CCN(CC)C(=O)CN1CCCN(C(=O)c2ccccc2Oc2cccc(Br)c2)CC1. The lowest BCUT2D eigenvalue weighted by Crippen LogP contribution is -2.42. The van der Waals surface area contributed by atoms with E-state index in [4.69, 9.17) is 4.74 Å². The highest BCUT2D eigenvalue weighted by molar-refractivity contribution is 9.10. The number of amides is 2. The first-order valence-corrected chi connectivity index (χ1v) is 11.6. The van der Waals surface area contributed by atoms with Crippen molar-refractivity contribution in [3.8, 4) is 11.5 Å². The van der Waals surface area contributed by atoms with Crippen molar-refractivity contribution in [3.63, 3.8) is 0 Å². The normalized spacial score (nSPS) is 14.7. The van der Waals surface area contributed by atoms with Gasteiger partial charge >= 0.3 is 0 Å². The van der Waals surface area contributed by atoms with Crippen molar-refractivity contribution in [2.24, 2.45) is 0 Å². The van der Waals surface area contributed by atoms with E-state index < -0.39 is 0 Å². The molecule has 2 amide bonds. The first-order chi connectivity index (χ1) is 15.0. The van der Waals surface area contributed by atoms with Crippen LogP contribution >= 0.6 is 15.9 Å². The third kappa shape index (κ3) is 6.31. The molecule has 0 N–H and O–H groups in total. The number of nitrogens with zero attached hydrogens (tertiary/aromatic N) is 3. The van der Waals surface area contributed by atoms with Gasteiger partial charge in [-0.05, 0) is 50.6 Å². The predicted octanol–water partition coefficient (Wildman–Crippen LogP) is 4.26. The van der Waals surface area contributed by atoms with E-state index in [1.54, 1.807) is 0 Å². The first kappa shape index (κ1) is 23.3. The molecule has 31 heavy (non-hydrogen) atoms. The molecular formula is C24H30BrN3O3. The van der Waals surface area contributed by atoms with Gasteiger partial charge in [0.2, 0.25) is 5.91 Å². The zero-order valence-electron chi connectivity index (χ0n) is 18.2. The molecule has 6 nitrogen and oxygen atoms in total. The molecule has 2 aromatic carbocycles. The topological polar surface area (TPSA) is 53.1 Å². The molecule has 0 atom stereocenters. The van der Waals surface area contributed by atoms with Crippen molar-refractivity contribution in [1.29, 1.82) is 0 Å². The molecule has 2 aromatic rings. The van der Waals surface area contributed by atoms with Gasteiger partial charge in [-0.25, -0.2) is 0 Å². The second kappa shape index (κ2) is 11.3. The molecule has 0 radical (unpaired) electrons. The van der Waals surface area contributed by atoms with Crippen LogP contribution in [0.5, 0.6) is 11.5 Å². The van der Waals surface area contributed by atoms with Crippen molar-refractivity contribution in [3.05, 3.63) is 58.6 Å². The number of hydrogen-bond acceptors (Lipinski definition) is 4. The van der Waals surface area contributed by atoms with E-state index >= 15 is 0 Å². The molecule has 1 heterocycles. The Morgan fingerprint density at radius 3 is 2.52 bits per heavy atom. The lowest BCUT2D eigenvalue weighted by atomic mass is 10.1. The van der Waals surface area contributed by atoms with E-state index in [0.717, 1.165) is 30.5 Å². The molecule has 1 fully saturated rings. The van der Waals surface area contributed by atoms with Gasteiger partial charge in [-0.2, -0.15) is 0 Å².